The van der Waals surface area contributed by atoms with E-state index in [0.717, 1.165) is 51.4 Å². The second-order valence-electron chi connectivity index (χ2n) is 6.43. The maximum atomic E-state index is 12.4. The van der Waals surface area contributed by atoms with E-state index in [1.807, 2.05) is 0 Å². The highest BCUT2D eigenvalue weighted by molar-refractivity contribution is 5.85. The Kier molecular flexibility index (Phi) is 5.42. The summed E-state index contributed by atoms with van der Waals surface area (Å²) in [6.45, 7) is 0.517. The predicted molar refractivity (Wildman–Crippen MR) is 76.7 cm³/mol. The van der Waals surface area contributed by atoms with Gasteiger partial charge in [-0.05, 0) is 25.7 Å². The van der Waals surface area contributed by atoms with E-state index in [4.69, 9.17) is 0 Å². The van der Waals surface area contributed by atoms with E-state index in [9.17, 15) is 15.2 Å². The van der Waals surface area contributed by atoms with Gasteiger partial charge >= 0.3 is 0 Å². The van der Waals surface area contributed by atoms with E-state index in [0.29, 0.717) is 19.4 Å². The SMILES string of the molecule is N#CC1(C(=O)NCC2CCCCC2O)CCCCCC1. The molecule has 2 saturated carbocycles. The molecule has 0 saturated heterocycles. The monoisotopic (exact) mass is 278 g/mol. The van der Waals surface area contributed by atoms with Crippen molar-refractivity contribution in [2.24, 2.45) is 11.3 Å². The highest BCUT2D eigenvalue weighted by Gasteiger charge is 2.39. The molecule has 0 heterocycles. The van der Waals surface area contributed by atoms with Gasteiger partial charge in [-0.2, -0.15) is 5.26 Å². The molecule has 4 heteroatoms. The van der Waals surface area contributed by atoms with Crippen LogP contribution in [-0.4, -0.2) is 23.7 Å². The molecule has 0 aromatic rings. The minimum Gasteiger partial charge on any atom is -0.393 e. The Hall–Kier alpha value is -1.08. The first-order valence-electron chi connectivity index (χ1n) is 8.05. The predicted octanol–water partition coefficient (Wildman–Crippen LogP) is 2.52. The number of carbonyl (C=O) groups is 1. The lowest BCUT2D eigenvalue weighted by Crippen LogP contribution is -2.44. The molecule has 2 rings (SSSR count). The van der Waals surface area contributed by atoms with Gasteiger partial charge in [0.05, 0.1) is 12.2 Å². The Balaban J connectivity index is 1.90. The first kappa shape index (κ1) is 15.3. The summed E-state index contributed by atoms with van der Waals surface area (Å²) in [5, 5.41) is 22.4. The number of nitrogens with one attached hydrogen (secondary N) is 1. The van der Waals surface area contributed by atoms with Crippen molar-refractivity contribution in [3.05, 3.63) is 0 Å². The smallest absolute Gasteiger partial charge is 0.240 e. The molecule has 0 aromatic carbocycles. The third-order valence-electron chi connectivity index (χ3n) is 5.00. The van der Waals surface area contributed by atoms with E-state index in [1.165, 1.54) is 0 Å². The zero-order valence-corrected chi connectivity index (χ0v) is 12.2. The molecule has 0 radical (unpaired) electrons. The second kappa shape index (κ2) is 7.08. The Bertz CT molecular complexity index is 367. The molecule has 1 amide bonds. The van der Waals surface area contributed by atoms with Gasteiger partial charge in [0.25, 0.3) is 0 Å². The van der Waals surface area contributed by atoms with Crippen LogP contribution in [0.5, 0.6) is 0 Å². The fraction of sp³-hybridized carbons (Fsp3) is 0.875. The highest BCUT2D eigenvalue weighted by Crippen LogP contribution is 2.35. The van der Waals surface area contributed by atoms with E-state index in [2.05, 4.69) is 11.4 Å². The summed E-state index contributed by atoms with van der Waals surface area (Å²) in [6, 6.07) is 2.28. The molecule has 0 aromatic heterocycles. The lowest BCUT2D eigenvalue weighted by Gasteiger charge is -2.30. The number of aliphatic hydroxyl groups is 1. The first-order chi connectivity index (χ1) is 9.68. The Morgan fingerprint density at radius 2 is 1.80 bits per heavy atom. The summed E-state index contributed by atoms with van der Waals surface area (Å²) in [6.07, 6.45) is 9.26. The second-order valence-corrected chi connectivity index (χ2v) is 6.43. The average Bonchev–Trinajstić information content (AvgIpc) is 2.72. The number of nitrogens with zero attached hydrogens (tertiary/aromatic N) is 1. The molecular weight excluding hydrogens is 252 g/mol. The lowest BCUT2D eigenvalue weighted by atomic mass is 9.80. The molecule has 2 N–H and O–H groups in total. The van der Waals surface area contributed by atoms with Crippen LogP contribution in [0.1, 0.15) is 64.2 Å². The molecular formula is C16H26N2O2. The van der Waals surface area contributed by atoms with Gasteiger partial charge in [0, 0.05) is 12.5 Å². The topological polar surface area (TPSA) is 73.1 Å². The lowest BCUT2D eigenvalue weighted by molar-refractivity contribution is -0.129. The maximum Gasteiger partial charge on any atom is 0.240 e. The minimum absolute atomic E-state index is 0.111. The average molecular weight is 278 g/mol. The molecule has 2 unspecified atom stereocenters. The quantitative estimate of drug-likeness (QED) is 0.779. The summed E-state index contributed by atoms with van der Waals surface area (Å²) in [7, 11) is 0. The van der Waals surface area contributed by atoms with Crippen LogP contribution in [0.25, 0.3) is 0 Å². The molecule has 112 valence electrons. The van der Waals surface area contributed by atoms with Gasteiger partial charge in [-0.1, -0.05) is 38.5 Å². The Morgan fingerprint density at radius 1 is 1.15 bits per heavy atom. The van der Waals surface area contributed by atoms with Crippen LogP contribution >= 0.6 is 0 Å². The Morgan fingerprint density at radius 3 is 2.40 bits per heavy atom. The minimum atomic E-state index is -0.823. The molecule has 0 spiro atoms. The van der Waals surface area contributed by atoms with Gasteiger partial charge in [-0.3, -0.25) is 4.79 Å². The van der Waals surface area contributed by atoms with Crippen LogP contribution in [0.15, 0.2) is 0 Å². The van der Waals surface area contributed by atoms with Gasteiger partial charge < -0.3 is 10.4 Å². The van der Waals surface area contributed by atoms with Crippen molar-refractivity contribution in [2.75, 3.05) is 6.54 Å². The third kappa shape index (κ3) is 3.52. The number of nitriles is 1. The van der Waals surface area contributed by atoms with Gasteiger partial charge in [0.1, 0.15) is 5.41 Å². The number of hydrogen-bond donors (Lipinski definition) is 2. The molecule has 2 fully saturated rings. The summed E-state index contributed by atoms with van der Waals surface area (Å²) < 4.78 is 0. The number of hydrogen-bond acceptors (Lipinski definition) is 3. The van der Waals surface area contributed by atoms with E-state index in [-0.39, 0.29) is 17.9 Å². The third-order valence-corrected chi connectivity index (χ3v) is 5.00. The van der Waals surface area contributed by atoms with Gasteiger partial charge in [0.15, 0.2) is 0 Å². The molecule has 2 atom stereocenters. The van der Waals surface area contributed by atoms with Crippen molar-refractivity contribution in [1.29, 1.82) is 5.26 Å². The standard InChI is InChI=1S/C16H26N2O2/c17-12-16(9-5-1-2-6-10-16)15(20)18-11-13-7-3-4-8-14(13)19/h13-14,19H,1-11H2,(H,18,20). The van der Waals surface area contributed by atoms with Crippen LogP contribution in [0.3, 0.4) is 0 Å². The maximum absolute atomic E-state index is 12.4. The van der Waals surface area contributed by atoms with E-state index < -0.39 is 5.41 Å². The molecule has 0 bridgehead atoms. The normalized spacial score (nSPS) is 30.0. The molecule has 20 heavy (non-hydrogen) atoms. The van der Waals surface area contributed by atoms with Crippen molar-refractivity contribution in [2.45, 2.75) is 70.3 Å². The first-order valence-corrected chi connectivity index (χ1v) is 8.05. The van der Waals surface area contributed by atoms with Crippen molar-refractivity contribution in [3.63, 3.8) is 0 Å². The van der Waals surface area contributed by atoms with Crippen molar-refractivity contribution < 1.29 is 9.90 Å². The van der Waals surface area contributed by atoms with E-state index in [1.54, 1.807) is 0 Å². The van der Waals surface area contributed by atoms with Crippen LogP contribution in [0.2, 0.25) is 0 Å². The van der Waals surface area contributed by atoms with Gasteiger partial charge in [-0.25, -0.2) is 0 Å². The van der Waals surface area contributed by atoms with Crippen molar-refractivity contribution >= 4 is 5.91 Å². The zero-order valence-electron chi connectivity index (χ0n) is 12.2. The summed E-state index contributed by atoms with van der Waals surface area (Å²) >= 11 is 0. The molecule has 2 aliphatic rings. The molecule has 2 aliphatic carbocycles. The van der Waals surface area contributed by atoms with Gasteiger partial charge in [-0.15, -0.1) is 0 Å². The number of rotatable bonds is 3. The fourth-order valence-electron chi connectivity index (χ4n) is 3.54. The molecule has 0 aliphatic heterocycles. The highest BCUT2D eigenvalue weighted by atomic mass is 16.3. The summed E-state index contributed by atoms with van der Waals surface area (Å²) in [4.78, 5) is 12.4. The van der Waals surface area contributed by atoms with Crippen LogP contribution < -0.4 is 5.32 Å². The fourth-order valence-corrected chi connectivity index (χ4v) is 3.54. The van der Waals surface area contributed by atoms with Crippen LogP contribution in [0, 0.1) is 22.7 Å². The van der Waals surface area contributed by atoms with Crippen LogP contribution in [-0.2, 0) is 4.79 Å². The summed E-state index contributed by atoms with van der Waals surface area (Å²) in [5.41, 5.74) is -0.823. The van der Waals surface area contributed by atoms with Gasteiger partial charge in [0.2, 0.25) is 5.91 Å². The number of carbonyl (C=O) groups excluding carboxylic acids is 1. The van der Waals surface area contributed by atoms with Crippen molar-refractivity contribution in [3.8, 4) is 6.07 Å². The number of amides is 1. The van der Waals surface area contributed by atoms with E-state index >= 15 is 0 Å². The van der Waals surface area contributed by atoms with Crippen LogP contribution in [0.4, 0.5) is 0 Å². The summed E-state index contributed by atoms with van der Waals surface area (Å²) in [5.74, 6) is 0.0499. The largest absolute Gasteiger partial charge is 0.393 e. The Labute approximate surface area is 121 Å². The van der Waals surface area contributed by atoms with Crippen molar-refractivity contribution in [1.82, 2.24) is 5.32 Å². The molecule has 4 nitrogen and oxygen atoms in total. The number of aliphatic hydroxyl groups excluding tert-OH is 1. The zero-order chi connectivity index (χ0) is 14.4.